The lowest BCUT2D eigenvalue weighted by Gasteiger charge is -2.28. The van der Waals surface area contributed by atoms with E-state index in [1.165, 1.54) is 7.11 Å². The number of carbonyl (C=O) groups is 1. The molecule has 1 rings (SSSR count). The van der Waals surface area contributed by atoms with Crippen LogP contribution in [0.1, 0.15) is 33.1 Å². The average molecular weight is 198 g/mol. The molecule has 1 atom stereocenters. The minimum absolute atomic E-state index is 0.363. The highest BCUT2D eigenvalue weighted by molar-refractivity contribution is 5.77. The largest absolute Gasteiger partial charge is 0.469 e. The van der Waals surface area contributed by atoms with E-state index in [9.17, 15) is 9.90 Å². The first kappa shape index (κ1) is 11.2. The van der Waals surface area contributed by atoms with Crippen molar-refractivity contribution in [3.63, 3.8) is 0 Å². The third kappa shape index (κ3) is 1.98. The lowest BCUT2D eigenvalue weighted by atomic mass is 9.82. The van der Waals surface area contributed by atoms with E-state index < -0.39 is 11.5 Å². The lowest BCUT2D eigenvalue weighted by molar-refractivity contribution is -0.155. The molecule has 3 heteroatoms. The molecule has 0 fully saturated rings. The Balaban J connectivity index is 2.75. The molecule has 1 aliphatic carbocycles. The molecule has 3 nitrogen and oxygen atoms in total. The maximum atomic E-state index is 11.4. The van der Waals surface area contributed by atoms with Crippen LogP contribution in [0.2, 0.25) is 0 Å². The van der Waals surface area contributed by atoms with E-state index >= 15 is 0 Å². The standard InChI is InChI=1S/C11H18O3/c1-11(2,10(13)14-3)9(12)8-6-4-5-7-8/h6,9,12H,4-5,7H2,1-3H3/t9-/m1/s1. The molecule has 80 valence electrons. The van der Waals surface area contributed by atoms with Gasteiger partial charge in [0.05, 0.1) is 18.6 Å². The molecule has 0 aliphatic heterocycles. The summed E-state index contributed by atoms with van der Waals surface area (Å²) in [6, 6.07) is 0. The van der Waals surface area contributed by atoms with Crippen molar-refractivity contribution in [3.8, 4) is 0 Å². The highest BCUT2D eigenvalue weighted by Gasteiger charge is 2.39. The van der Waals surface area contributed by atoms with Crippen LogP contribution in [0.15, 0.2) is 11.6 Å². The van der Waals surface area contributed by atoms with E-state index in [0.717, 1.165) is 24.8 Å². The number of rotatable bonds is 3. The molecule has 0 radical (unpaired) electrons. The molecule has 0 aromatic carbocycles. The summed E-state index contributed by atoms with van der Waals surface area (Å²) >= 11 is 0. The first-order chi connectivity index (χ1) is 6.50. The number of allylic oxidation sites excluding steroid dienone is 1. The van der Waals surface area contributed by atoms with Gasteiger partial charge >= 0.3 is 5.97 Å². The van der Waals surface area contributed by atoms with Gasteiger partial charge in [0.2, 0.25) is 0 Å². The smallest absolute Gasteiger partial charge is 0.314 e. The summed E-state index contributed by atoms with van der Waals surface area (Å²) in [6.45, 7) is 3.42. The Morgan fingerprint density at radius 3 is 2.71 bits per heavy atom. The fourth-order valence-electron chi connectivity index (χ4n) is 1.78. The monoisotopic (exact) mass is 198 g/mol. The Morgan fingerprint density at radius 2 is 2.29 bits per heavy atom. The Labute approximate surface area is 84.8 Å². The Hall–Kier alpha value is -0.830. The molecule has 0 spiro atoms. The maximum absolute atomic E-state index is 11.4. The maximum Gasteiger partial charge on any atom is 0.314 e. The molecule has 0 heterocycles. The zero-order chi connectivity index (χ0) is 10.8. The third-order valence-corrected chi connectivity index (χ3v) is 2.82. The van der Waals surface area contributed by atoms with E-state index in [4.69, 9.17) is 0 Å². The topological polar surface area (TPSA) is 46.5 Å². The summed E-state index contributed by atoms with van der Waals surface area (Å²) in [5, 5.41) is 10.0. The van der Waals surface area contributed by atoms with Crippen LogP contribution in [0.3, 0.4) is 0 Å². The molecular weight excluding hydrogens is 180 g/mol. The van der Waals surface area contributed by atoms with Crippen LogP contribution in [0.25, 0.3) is 0 Å². The van der Waals surface area contributed by atoms with Crippen LogP contribution < -0.4 is 0 Å². The molecule has 0 aromatic rings. The van der Waals surface area contributed by atoms with Gasteiger partial charge < -0.3 is 9.84 Å². The number of ether oxygens (including phenoxy) is 1. The second-order valence-corrected chi connectivity index (χ2v) is 4.29. The van der Waals surface area contributed by atoms with Gasteiger partial charge in [0.15, 0.2) is 0 Å². The molecule has 14 heavy (non-hydrogen) atoms. The fraction of sp³-hybridized carbons (Fsp3) is 0.727. The van der Waals surface area contributed by atoms with Crippen molar-refractivity contribution in [2.75, 3.05) is 7.11 Å². The van der Waals surface area contributed by atoms with Crippen molar-refractivity contribution >= 4 is 5.97 Å². The Bertz CT molecular complexity index is 253. The van der Waals surface area contributed by atoms with Crippen molar-refractivity contribution < 1.29 is 14.6 Å². The molecule has 0 amide bonds. The first-order valence-electron chi connectivity index (χ1n) is 4.95. The van der Waals surface area contributed by atoms with Crippen molar-refractivity contribution in [1.29, 1.82) is 0 Å². The summed E-state index contributed by atoms with van der Waals surface area (Å²) < 4.78 is 4.67. The van der Waals surface area contributed by atoms with Crippen molar-refractivity contribution in [3.05, 3.63) is 11.6 Å². The minimum atomic E-state index is -0.842. The number of hydrogen-bond donors (Lipinski definition) is 1. The predicted octanol–water partition coefficient (Wildman–Crippen LogP) is 1.66. The van der Waals surface area contributed by atoms with Gasteiger partial charge in [0, 0.05) is 0 Å². The second-order valence-electron chi connectivity index (χ2n) is 4.29. The summed E-state index contributed by atoms with van der Waals surface area (Å²) in [7, 11) is 1.35. The van der Waals surface area contributed by atoms with E-state index in [2.05, 4.69) is 4.74 Å². The normalized spacial score (nSPS) is 19.0. The Morgan fingerprint density at radius 1 is 1.64 bits per heavy atom. The van der Waals surface area contributed by atoms with E-state index in [1.807, 2.05) is 6.08 Å². The molecule has 0 saturated heterocycles. The highest BCUT2D eigenvalue weighted by Crippen LogP contribution is 2.32. The zero-order valence-electron chi connectivity index (χ0n) is 9.04. The number of hydrogen-bond acceptors (Lipinski definition) is 3. The van der Waals surface area contributed by atoms with Gasteiger partial charge in [-0.1, -0.05) is 6.08 Å². The fourth-order valence-corrected chi connectivity index (χ4v) is 1.78. The zero-order valence-corrected chi connectivity index (χ0v) is 9.04. The number of aliphatic hydroxyl groups is 1. The van der Waals surface area contributed by atoms with E-state index in [0.29, 0.717) is 0 Å². The van der Waals surface area contributed by atoms with Crippen LogP contribution in [-0.4, -0.2) is 24.3 Å². The predicted molar refractivity (Wildman–Crippen MR) is 53.7 cm³/mol. The molecule has 0 bridgehead atoms. The van der Waals surface area contributed by atoms with Crippen molar-refractivity contribution in [2.24, 2.45) is 5.41 Å². The van der Waals surface area contributed by atoms with Gasteiger partial charge in [-0.3, -0.25) is 4.79 Å². The SMILES string of the molecule is COC(=O)C(C)(C)[C@H](O)C1=CCCC1. The molecule has 0 saturated carbocycles. The first-order valence-corrected chi connectivity index (χ1v) is 4.95. The van der Waals surface area contributed by atoms with Gasteiger partial charge in [0.25, 0.3) is 0 Å². The lowest BCUT2D eigenvalue weighted by Crippen LogP contribution is -2.39. The summed E-state index contributed by atoms with van der Waals surface area (Å²) in [6.07, 6.45) is 4.28. The van der Waals surface area contributed by atoms with Crippen molar-refractivity contribution in [1.82, 2.24) is 0 Å². The van der Waals surface area contributed by atoms with E-state index in [-0.39, 0.29) is 5.97 Å². The van der Waals surface area contributed by atoms with Gasteiger partial charge in [-0.25, -0.2) is 0 Å². The summed E-state index contributed by atoms with van der Waals surface area (Å²) in [5.74, 6) is -0.363. The van der Waals surface area contributed by atoms with Crippen LogP contribution in [0.4, 0.5) is 0 Å². The van der Waals surface area contributed by atoms with Crippen LogP contribution in [0, 0.1) is 5.41 Å². The Kier molecular flexibility index (Phi) is 3.32. The summed E-state index contributed by atoms with van der Waals surface area (Å²) in [4.78, 5) is 11.4. The molecule has 1 N–H and O–H groups in total. The van der Waals surface area contributed by atoms with Gasteiger partial charge in [0.1, 0.15) is 0 Å². The van der Waals surface area contributed by atoms with Gasteiger partial charge in [-0.15, -0.1) is 0 Å². The van der Waals surface area contributed by atoms with Crippen molar-refractivity contribution in [2.45, 2.75) is 39.2 Å². The third-order valence-electron chi connectivity index (χ3n) is 2.82. The van der Waals surface area contributed by atoms with Gasteiger partial charge in [-0.2, -0.15) is 0 Å². The number of esters is 1. The number of carbonyl (C=O) groups excluding carboxylic acids is 1. The minimum Gasteiger partial charge on any atom is -0.469 e. The van der Waals surface area contributed by atoms with Gasteiger partial charge in [-0.05, 0) is 38.7 Å². The second kappa shape index (κ2) is 4.13. The molecule has 1 aliphatic rings. The number of aliphatic hydroxyl groups excluding tert-OH is 1. The molecule has 0 unspecified atom stereocenters. The van der Waals surface area contributed by atoms with E-state index in [1.54, 1.807) is 13.8 Å². The average Bonchev–Trinajstić information content (AvgIpc) is 2.67. The molecule has 0 aromatic heterocycles. The van der Waals surface area contributed by atoms with Crippen LogP contribution >= 0.6 is 0 Å². The quantitative estimate of drug-likeness (QED) is 0.554. The molecular formula is C11H18O3. The van der Waals surface area contributed by atoms with Crippen LogP contribution in [0.5, 0.6) is 0 Å². The van der Waals surface area contributed by atoms with Crippen LogP contribution in [-0.2, 0) is 9.53 Å². The highest BCUT2D eigenvalue weighted by atomic mass is 16.5. The number of methoxy groups -OCH3 is 1. The summed E-state index contributed by atoms with van der Waals surface area (Å²) in [5.41, 5.74) is 0.130.